The molecule has 11 heteroatoms. The average molecular weight is 518 g/mol. The molecule has 5 N–H and O–H groups in total. The molecule has 0 heterocycles. The molecule has 0 fully saturated rings. The molecule has 3 aromatic rings. The minimum absolute atomic E-state index is 0.0255. The number of benzene rings is 3. The summed E-state index contributed by atoms with van der Waals surface area (Å²) in [6, 6.07) is 14.7. The first kappa shape index (κ1) is 27.1. The van der Waals surface area contributed by atoms with Gasteiger partial charge in [0.1, 0.15) is 11.5 Å². The van der Waals surface area contributed by atoms with Crippen LogP contribution >= 0.6 is 0 Å². The van der Waals surface area contributed by atoms with Crippen molar-refractivity contribution in [1.82, 2.24) is 0 Å². The van der Waals surface area contributed by atoms with Gasteiger partial charge >= 0.3 is 24.0 Å². The van der Waals surface area contributed by atoms with E-state index in [1.165, 1.54) is 30.3 Å². The summed E-state index contributed by atoms with van der Waals surface area (Å²) in [6.45, 7) is 0.0255. The molecule has 0 aliphatic carbocycles. The van der Waals surface area contributed by atoms with E-state index in [1.54, 1.807) is 18.2 Å². The fraction of sp³-hybridized carbons (Fsp3) is 0.154. The molecule has 3 aromatic carbocycles. The van der Waals surface area contributed by atoms with Crippen molar-refractivity contribution in [2.24, 2.45) is 0 Å². The first-order chi connectivity index (χ1) is 17.2. The van der Waals surface area contributed by atoms with E-state index in [1.807, 2.05) is 0 Å². The molecule has 0 bridgehead atoms. The second-order valence-electron chi connectivity index (χ2n) is 8.10. The molecule has 0 atom stereocenters. The molecule has 37 heavy (non-hydrogen) atoms. The molecule has 0 spiro atoms. The van der Waals surface area contributed by atoms with Gasteiger partial charge in [-0.3, -0.25) is 0 Å². The van der Waals surface area contributed by atoms with Crippen LogP contribution in [0.2, 0.25) is 0 Å². The lowest BCUT2D eigenvalue weighted by atomic mass is 10.0. The predicted molar refractivity (Wildman–Crippen MR) is 129 cm³/mol. The summed E-state index contributed by atoms with van der Waals surface area (Å²) in [7, 11) is 0. The number of nitrogens with two attached hydrogens (primary N) is 2. The van der Waals surface area contributed by atoms with Crippen molar-refractivity contribution in [3.8, 4) is 11.5 Å². The summed E-state index contributed by atoms with van der Waals surface area (Å²) in [5.41, 5.74) is 13.6. The van der Waals surface area contributed by atoms with E-state index in [-0.39, 0.29) is 30.2 Å². The number of halogens is 4. The minimum atomic E-state index is -4.73. The zero-order chi connectivity index (χ0) is 27.4. The van der Waals surface area contributed by atoms with Crippen molar-refractivity contribution in [2.75, 3.05) is 11.5 Å². The number of alkyl halides is 4. The highest BCUT2D eigenvalue weighted by Gasteiger charge is 2.55. The number of anilines is 2. The Bertz CT molecular complexity index is 1320. The van der Waals surface area contributed by atoms with Crippen LogP contribution in [-0.4, -0.2) is 29.1 Å². The van der Waals surface area contributed by atoms with Crippen LogP contribution in [0.15, 0.2) is 72.3 Å². The Labute approximate surface area is 208 Å². The van der Waals surface area contributed by atoms with Crippen LogP contribution in [0.5, 0.6) is 11.5 Å². The number of aliphatic carboxylic acids is 1. The maximum absolute atomic E-state index is 13.4. The lowest BCUT2D eigenvalue weighted by Crippen LogP contribution is -2.42. The Morgan fingerprint density at radius 3 is 2.08 bits per heavy atom. The van der Waals surface area contributed by atoms with Gasteiger partial charge < -0.3 is 26.0 Å². The Morgan fingerprint density at radius 2 is 1.51 bits per heavy atom. The average Bonchev–Trinajstić information content (AvgIpc) is 2.81. The highest BCUT2D eigenvalue weighted by Crippen LogP contribution is 2.35. The predicted octanol–water partition coefficient (Wildman–Crippen LogP) is 5.41. The van der Waals surface area contributed by atoms with Crippen LogP contribution in [0.3, 0.4) is 0 Å². The van der Waals surface area contributed by atoms with Crippen LogP contribution in [0.25, 0.3) is 6.08 Å². The molecule has 0 amide bonds. The van der Waals surface area contributed by atoms with E-state index in [2.05, 4.69) is 4.74 Å². The van der Waals surface area contributed by atoms with Crippen molar-refractivity contribution >= 4 is 29.4 Å². The molecule has 7 nitrogen and oxygen atoms in total. The summed E-state index contributed by atoms with van der Waals surface area (Å²) in [5.74, 6) is -6.83. The zero-order valence-electron chi connectivity index (χ0n) is 19.4. The molecular formula is C26H22F4N2O5. The van der Waals surface area contributed by atoms with Crippen molar-refractivity contribution in [3.63, 3.8) is 0 Å². The third-order valence-electron chi connectivity index (χ3n) is 5.10. The summed E-state index contributed by atoms with van der Waals surface area (Å²) in [4.78, 5) is 24.1. The number of ether oxygens (including phenoxy) is 2. The van der Waals surface area contributed by atoms with Crippen molar-refractivity contribution in [1.29, 1.82) is 0 Å². The van der Waals surface area contributed by atoms with E-state index in [0.29, 0.717) is 22.5 Å². The van der Waals surface area contributed by atoms with Gasteiger partial charge in [0.2, 0.25) is 0 Å². The van der Waals surface area contributed by atoms with Gasteiger partial charge in [0.25, 0.3) is 0 Å². The molecule has 194 valence electrons. The van der Waals surface area contributed by atoms with E-state index < -0.39 is 29.7 Å². The molecule has 0 aliphatic rings. The van der Waals surface area contributed by atoms with Gasteiger partial charge in [0.05, 0.1) is 5.56 Å². The van der Waals surface area contributed by atoms with Gasteiger partial charge in [-0.15, -0.1) is 0 Å². The van der Waals surface area contributed by atoms with Crippen LogP contribution in [0.1, 0.15) is 28.4 Å². The number of esters is 1. The zero-order valence-corrected chi connectivity index (χ0v) is 19.4. The Hall–Kier alpha value is -4.54. The topological polar surface area (TPSA) is 125 Å². The molecule has 0 saturated carbocycles. The summed E-state index contributed by atoms with van der Waals surface area (Å²) in [5, 5.41) is 9.58. The van der Waals surface area contributed by atoms with E-state index >= 15 is 0 Å². The molecule has 0 radical (unpaired) electrons. The summed E-state index contributed by atoms with van der Waals surface area (Å²) < 4.78 is 61.8. The van der Waals surface area contributed by atoms with Crippen LogP contribution < -0.4 is 20.9 Å². The number of hydrogen-bond acceptors (Lipinski definition) is 6. The van der Waals surface area contributed by atoms with Gasteiger partial charge in [-0.05, 0) is 71.8 Å². The second-order valence-corrected chi connectivity index (χ2v) is 8.10. The lowest BCUT2D eigenvalue weighted by Gasteiger charge is -2.23. The van der Waals surface area contributed by atoms with Crippen LogP contribution in [-0.2, 0) is 11.2 Å². The first-order valence-corrected chi connectivity index (χ1v) is 10.7. The molecular weight excluding hydrogens is 496 g/mol. The molecule has 0 saturated heterocycles. The molecule has 3 rings (SSSR count). The first-order valence-electron chi connectivity index (χ1n) is 10.7. The maximum Gasteiger partial charge on any atom is 0.463 e. The smallest absolute Gasteiger partial charge is 0.463 e. The fourth-order valence-electron chi connectivity index (χ4n) is 3.07. The van der Waals surface area contributed by atoms with Crippen LogP contribution in [0.4, 0.5) is 28.9 Å². The van der Waals surface area contributed by atoms with E-state index in [0.717, 1.165) is 24.3 Å². The Balaban J connectivity index is 1.68. The van der Waals surface area contributed by atoms with Crippen molar-refractivity contribution in [2.45, 2.75) is 25.4 Å². The number of carboxylic acid groups (broad SMARTS) is 1. The van der Waals surface area contributed by atoms with Gasteiger partial charge in [0.15, 0.2) is 0 Å². The number of rotatable bonds is 9. The van der Waals surface area contributed by atoms with Crippen molar-refractivity contribution in [3.05, 3.63) is 89.0 Å². The second kappa shape index (κ2) is 10.6. The van der Waals surface area contributed by atoms with Gasteiger partial charge in [-0.1, -0.05) is 12.1 Å². The van der Waals surface area contributed by atoms with Crippen molar-refractivity contribution < 1.29 is 41.7 Å². The number of carbonyl (C=O) groups is 2. The number of carboxylic acids is 1. The van der Waals surface area contributed by atoms with Crippen LogP contribution in [0, 0.1) is 0 Å². The Morgan fingerprint density at radius 1 is 0.919 bits per heavy atom. The standard InChI is InChI=1S/C26H22F4N2O5/c1-25(27,28)26(29,30)37-21-9-4-16(5-10-21)24(35)36-20-7-2-15(3-8-20)12-18(23(33)34)13-17-14-19(31)6-11-22(17)32/h2-12,14H,13,31-32H2,1H3,(H,33,34). The quantitative estimate of drug-likeness (QED) is 0.114. The monoisotopic (exact) mass is 518 g/mol. The summed E-state index contributed by atoms with van der Waals surface area (Å²) in [6.07, 6.45) is -3.26. The minimum Gasteiger partial charge on any atom is -0.478 e. The number of hydrogen-bond donors (Lipinski definition) is 3. The maximum atomic E-state index is 13.4. The number of nitrogen functional groups attached to an aromatic ring is 2. The number of carbonyl (C=O) groups excluding carboxylic acids is 1. The van der Waals surface area contributed by atoms with Gasteiger partial charge in [-0.2, -0.15) is 17.6 Å². The SMILES string of the molecule is CC(F)(F)C(F)(F)Oc1ccc(C(=O)Oc2ccc(C=C(Cc3cc(N)ccc3N)C(=O)O)cc2)cc1. The van der Waals surface area contributed by atoms with E-state index in [9.17, 15) is 32.3 Å². The fourth-order valence-corrected chi connectivity index (χ4v) is 3.07. The third kappa shape index (κ3) is 7.00. The van der Waals surface area contributed by atoms with Gasteiger partial charge in [-0.25, -0.2) is 9.59 Å². The largest absolute Gasteiger partial charge is 0.478 e. The third-order valence-corrected chi connectivity index (χ3v) is 5.10. The molecule has 0 aromatic heterocycles. The van der Waals surface area contributed by atoms with Gasteiger partial charge in [0, 0.05) is 30.3 Å². The van der Waals surface area contributed by atoms with E-state index in [4.69, 9.17) is 16.2 Å². The lowest BCUT2D eigenvalue weighted by molar-refractivity contribution is -0.301. The highest BCUT2D eigenvalue weighted by atomic mass is 19.3. The molecule has 0 aliphatic heterocycles. The highest BCUT2D eigenvalue weighted by molar-refractivity contribution is 5.93. The normalized spacial score (nSPS) is 12.2. The Kier molecular flexibility index (Phi) is 7.76. The summed E-state index contributed by atoms with van der Waals surface area (Å²) >= 11 is 0. The molecule has 0 unspecified atom stereocenters.